The van der Waals surface area contributed by atoms with Crippen LogP contribution in [0, 0.1) is 0 Å². The van der Waals surface area contributed by atoms with Crippen molar-refractivity contribution < 1.29 is 19.1 Å². The summed E-state index contributed by atoms with van der Waals surface area (Å²) in [5, 5.41) is 5.90. The topological polar surface area (TPSA) is 106 Å². The van der Waals surface area contributed by atoms with Gasteiger partial charge in [0.15, 0.2) is 5.69 Å². The molecule has 3 amide bonds. The number of carbonyl (C=O) groups is 3. The maximum absolute atomic E-state index is 12.4. The minimum atomic E-state index is -0.482. The van der Waals surface area contributed by atoms with Crippen molar-refractivity contribution >= 4 is 35.2 Å². The third-order valence-electron chi connectivity index (χ3n) is 4.13. The van der Waals surface area contributed by atoms with Crippen LogP contribution in [-0.4, -0.2) is 53.7 Å². The molecule has 148 valence electrons. The van der Waals surface area contributed by atoms with Crippen LogP contribution >= 0.6 is 11.6 Å². The van der Waals surface area contributed by atoms with Gasteiger partial charge in [-0.2, -0.15) is 0 Å². The zero-order valence-corrected chi connectivity index (χ0v) is 16.0. The first-order chi connectivity index (χ1) is 13.5. The van der Waals surface area contributed by atoms with E-state index < -0.39 is 5.97 Å². The van der Waals surface area contributed by atoms with Gasteiger partial charge in [0.25, 0.3) is 5.91 Å². The molecule has 0 unspecified atom stereocenters. The smallest absolute Gasteiger partial charge is 0.358 e. The lowest BCUT2D eigenvalue weighted by atomic mass is 10.1. The molecule has 0 saturated carbocycles. The van der Waals surface area contributed by atoms with Gasteiger partial charge < -0.3 is 19.9 Å². The standard InChI is InChI=1S/C18H20ClN5O4/c1-2-28-17(26)14-10-23(11-22-14)7-5-20-16(25)12-3-4-13(19)15(9-12)24-8-6-21-18(24)27/h3-4,9-11H,2,5-8H2,1H3,(H,20,25)(H,21,27). The maximum Gasteiger partial charge on any atom is 0.358 e. The van der Waals surface area contributed by atoms with Crippen LogP contribution in [0.25, 0.3) is 0 Å². The molecule has 0 atom stereocenters. The molecule has 0 radical (unpaired) electrons. The lowest BCUT2D eigenvalue weighted by Crippen LogP contribution is -2.29. The van der Waals surface area contributed by atoms with E-state index in [2.05, 4.69) is 15.6 Å². The van der Waals surface area contributed by atoms with E-state index >= 15 is 0 Å². The highest BCUT2D eigenvalue weighted by Gasteiger charge is 2.24. The molecular weight excluding hydrogens is 386 g/mol. The first kappa shape index (κ1) is 19.7. The van der Waals surface area contributed by atoms with E-state index in [1.807, 2.05) is 0 Å². The first-order valence-corrected chi connectivity index (χ1v) is 9.19. The fourth-order valence-corrected chi connectivity index (χ4v) is 2.98. The summed E-state index contributed by atoms with van der Waals surface area (Å²) >= 11 is 6.18. The molecule has 0 spiro atoms. The Morgan fingerprint density at radius 2 is 2.21 bits per heavy atom. The van der Waals surface area contributed by atoms with Crippen LogP contribution in [0.3, 0.4) is 0 Å². The SMILES string of the molecule is CCOC(=O)c1cn(CCNC(=O)c2ccc(Cl)c(N3CCNC3=O)c2)cn1. The van der Waals surface area contributed by atoms with E-state index in [1.54, 1.807) is 35.9 Å². The Hall–Kier alpha value is -3.07. The summed E-state index contributed by atoms with van der Waals surface area (Å²) in [6.07, 6.45) is 3.07. The molecular formula is C18H20ClN5O4. The highest BCUT2D eigenvalue weighted by molar-refractivity contribution is 6.34. The molecule has 1 aromatic carbocycles. The molecule has 9 nitrogen and oxygen atoms in total. The predicted octanol–water partition coefficient (Wildman–Crippen LogP) is 1.67. The lowest BCUT2D eigenvalue weighted by molar-refractivity contribution is 0.0519. The fraction of sp³-hybridized carbons (Fsp3) is 0.333. The lowest BCUT2D eigenvalue weighted by Gasteiger charge is -2.17. The Kier molecular flexibility index (Phi) is 6.15. The second-order valence-corrected chi connectivity index (χ2v) is 6.43. The number of halogens is 1. The maximum atomic E-state index is 12.4. The first-order valence-electron chi connectivity index (χ1n) is 8.81. The van der Waals surface area contributed by atoms with Gasteiger partial charge in [-0.15, -0.1) is 0 Å². The van der Waals surface area contributed by atoms with Gasteiger partial charge in [-0.1, -0.05) is 11.6 Å². The van der Waals surface area contributed by atoms with Crippen LogP contribution in [0.2, 0.25) is 5.02 Å². The average molecular weight is 406 g/mol. The second-order valence-electron chi connectivity index (χ2n) is 6.02. The normalized spacial score (nSPS) is 13.4. The molecule has 0 aliphatic carbocycles. The Bertz CT molecular complexity index is 898. The number of benzene rings is 1. The van der Waals surface area contributed by atoms with E-state index in [9.17, 15) is 14.4 Å². The zero-order chi connectivity index (χ0) is 20.1. The molecule has 1 saturated heterocycles. The molecule has 3 rings (SSSR count). The van der Waals surface area contributed by atoms with Crippen molar-refractivity contribution in [3.05, 3.63) is 47.0 Å². The quantitative estimate of drug-likeness (QED) is 0.682. The molecule has 1 aromatic heterocycles. The average Bonchev–Trinajstić information content (AvgIpc) is 3.31. The van der Waals surface area contributed by atoms with Gasteiger partial charge in [0.05, 0.1) is 23.6 Å². The number of ether oxygens (including phenoxy) is 1. The van der Waals surface area contributed by atoms with E-state index in [-0.39, 0.29) is 24.2 Å². The van der Waals surface area contributed by atoms with E-state index in [1.165, 1.54) is 11.2 Å². The van der Waals surface area contributed by atoms with E-state index in [4.69, 9.17) is 16.3 Å². The van der Waals surface area contributed by atoms with Crippen molar-refractivity contribution in [2.75, 3.05) is 31.1 Å². The molecule has 0 bridgehead atoms. The number of esters is 1. The number of nitrogens with zero attached hydrogens (tertiary/aromatic N) is 3. The molecule has 1 fully saturated rings. The zero-order valence-electron chi connectivity index (χ0n) is 15.3. The Morgan fingerprint density at radius 3 is 2.93 bits per heavy atom. The Labute approximate surface area is 166 Å². The minimum Gasteiger partial charge on any atom is -0.461 e. The number of hydrogen-bond donors (Lipinski definition) is 2. The van der Waals surface area contributed by atoms with Crippen LogP contribution in [0.4, 0.5) is 10.5 Å². The summed E-state index contributed by atoms with van der Waals surface area (Å²) in [4.78, 5) is 41.4. The number of nitrogens with one attached hydrogen (secondary N) is 2. The molecule has 10 heteroatoms. The van der Waals surface area contributed by atoms with Crippen molar-refractivity contribution in [2.45, 2.75) is 13.5 Å². The molecule has 28 heavy (non-hydrogen) atoms. The number of amides is 3. The van der Waals surface area contributed by atoms with Gasteiger partial charge in [-0.25, -0.2) is 14.6 Å². The predicted molar refractivity (Wildman–Crippen MR) is 103 cm³/mol. The number of rotatable bonds is 7. The number of hydrogen-bond acceptors (Lipinski definition) is 5. The van der Waals surface area contributed by atoms with Gasteiger partial charge in [0.2, 0.25) is 0 Å². The summed E-state index contributed by atoms with van der Waals surface area (Å²) in [5.74, 6) is -0.770. The molecule has 2 N–H and O–H groups in total. The number of carbonyl (C=O) groups excluding carboxylic acids is 3. The monoisotopic (exact) mass is 405 g/mol. The Balaban J connectivity index is 1.58. The number of imidazole rings is 1. The molecule has 2 heterocycles. The van der Waals surface area contributed by atoms with E-state index in [0.29, 0.717) is 42.5 Å². The third kappa shape index (κ3) is 4.42. The number of aromatic nitrogens is 2. The van der Waals surface area contributed by atoms with Crippen molar-refractivity contribution in [3.63, 3.8) is 0 Å². The van der Waals surface area contributed by atoms with Gasteiger partial charge in [-0.05, 0) is 25.1 Å². The van der Waals surface area contributed by atoms with Crippen LogP contribution in [0.1, 0.15) is 27.8 Å². The largest absolute Gasteiger partial charge is 0.461 e. The molecule has 2 aromatic rings. The minimum absolute atomic E-state index is 0.222. The summed E-state index contributed by atoms with van der Waals surface area (Å²) in [6, 6.07) is 4.56. The van der Waals surface area contributed by atoms with Crippen molar-refractivity contribution in [2.24, 2.45) is 0 Å². The van der Waals surface area contributed by atoms with Crippen LogP contribution in [0.15, 0.2) is 30.7 Å². The summed E-state index contributed by atoms with van der Waals surface area (Å²) in [5.41, 5.74) is 1.12. The summed E-state index contributed by atoms with van der Waals surface area (Å²) in [7, 11) is 0. The van der Waals surface area contributed by atoms with Gasteiger partial charge in [0, 0.05) is 37.9 Å². The van der Waals surface area contributed by atoms with Crippen molar-refractivity contribution in [1.82, 2.24) is 20.2 Å². The molecule has 1 aliphatic rings. The van der Waals surface area contributed by atoms with Crippen molar-refractivity contribution in [3.8, 4) is 0 Å². The summed E-state index contributed by atoms with van der Waals surface area (Å²) in [6.45, 7) is 3.80. The second kappa shape index (κ2) is 8.75. The Morgan fingerprint density at radius 1 is 1.39 bits per heavy atom. The van der Waals surface area contributed by atoms with Crippen LogP contribution in [-0.2, 0) is 11.3 Å². The van der Waals surface area contributed by atoms with Crippen LogP contribution in [0.5, 0.6) is 0 Å². The van der Waals surface area contributed by atoms with Gasteiger partial charge in [-0.3, -0.25) is 9.69 Å². The summed E-state index contributed by atoms with van der Waals surface area (Å²) < 4.78 is 6.57. The number of urea groups is 1. The van der Waals surface area contributed by atoms with Crippen LogP contribution < -0.4 is 15.5 Å². The van der Waals surface area contributed by atoms with Gasteiger partial charge >= 0.3 is 12.0 Å². The highest BCUT2D eigenvalue weighted by atomic mass is 35.5. The fourth-order valence-electron chi connectivity index (χ4n) is 2.76. The van der Waals surface area contributed by atoms with E-state index in [0.717, 1.165) is 0 Å². The van der Waals surface area contributed by atoms with Gasteiger partial charge in [0.1, 0.15) is 0 Å². The highest BCUT2D eigenvalue weighted by Crippen LogP contribution is 2.28. The molecule has 1 aliphatic heterocycles. The van der Waals surface area contributed by atoms with Crippen molar-refractivity contribution in [1.29, 1.82) is 0 Å². The third-order valence-corrected chi connectivity index (χ3v) is 4.45. The number of anilines is 1.